The molecule has 0 aromatic heterocycles. The Hall–Kier alpha value is 0. The third-order valence-corrected chi connectivity index (χ3v) is 3.62. The summed E-state index contributed by atoms with van der Waals surface area (Å²) in [5, 5.41) is 0. The van der Waals surface area contributed by atoms with Crippen LogP contribution in [0.4, 0.5) is 0 Å². The van der Waals surface area contributed by atoms with Crippen LogP contribution in [0, 0.1) is 23.7 Å². The van der Waals surface area contributed by atoms with Crippen molar-refractivity contribution in [2.45, 2.75) is 53.4 Å². The maximum Gasteiger partial charge on any atom is -0.0363 e. The van der Waals surface area contributed by atoms with E-state index in [2.05, 4.69) is 27.7 Å². The van der Waals surface area contributed by atoms with Crippen LogP contribution in [-0.2, 0) is 0 Å². The Balaban J connectivity index is 2.29. The van der Waals surface area contributed by atoms with Crippen LogP contribution in [0.1, 0.15) is 53.4 Å². The van der Waals surface area contributed by atoms with Gasteiger partial charge in [-0.15, -0.1) is 0 Å². The van der Waals surface area contributed by atoms with Gasteiger partial charge in [-0.1, -0.05) is 47.0 Å². The summed E-state index contributed by atoms with van der Waals surface area (Å²) >= 11 is 0. The van der Waals surface area contributed by atoms with Gasteiger partial charge in [0.2, 0.25) is 0 Å². The summed E-state index contributed by atoms with van der Waals surface area (Å²) in [7, 11) is 0. The fourth-order valence-corrected chi connectivity index (χ4v) is 2.61. The zero-order valence-electron chi connectivity index (χ0n) is 9.14. The van der Waals surface area contributed by atoms with Gasteiger partial charge in [0.25, 0.3) is 0 Å². The van der Waals surface area contributed by atoms with Crippen LogP contribution < -0.4 is 0 Å². The lowest BCUT2D eigenvalue weighted by atomic mass is 9.85. The molecule has 0 amide bonds. The van der Waals surface area contributed by atoms with Crippen molar-refractivity contribution in [1.29, 1.82) is 0 Å². The fraction of sp³-hybridized carbons (Fsp3) is 1.00. The van der Waals surface area contributed by atoms with Gasteiger partial charge in [0.15, 0.2) is 0 Å². The molecular formula is C12H24. The lowest BCUT2D eigenvalue weighted by Crippen LogP contribution is -2.11. The Morgan fingerprint density at radius 1 is 1.08 bits per heavy atom. The topological polar surface area (TPSA) is 0 Å². The second-order valence-corrected chi connectivity index (χ2v) is 5.17. The van der Waals surface area contributed by atoms with E-state index in [1.54, 1.807) is 0 Å². The van der Waals surface area contributed by atoms with E-state index in [0.717, 1.165) is 23.7 Å². The molecule has 1 aliphatic rings. The Kier molecular flexibility index (Phi) is 3.61. The molecule has 2 atom stereocenters. The van der Waals surface area contributed by atoms with E-state index in [1.165, 1.54) is 25.7 Å². The highest BCUT2D eigenvalue weighted by Gasteiger charge is 2.29. The molecule has 2 unspecified atom stereocenters. The predicted octanol–water partition coefficient (Wildman–Crippen LogP) is 4.10. The van der Waals surface area contributed by atoms with E-state index >= 15 is 0 Å². The monoisotopic (exact) mass is 168 g/mol. The van der Waals surface area contributed by atoms with Gasteiger partial charge >= 0.3 is 0 Å². The highest BCUT2D eigenvalue weighted by Crippen LogP contribution is 2.39. The molecule has 0 aromatic carbocycles. The van der Waals surface area contributed by atoms with Gasteiger partial charge in [-0.05, 0) is 30.1 Å². The molecule has 1 rings (SSSR count). The maximum atomic E-state index is 2.44. The second-order valence-electron chi connectivity index (χ2n) is 5.17. The summed E-state index contributed by atoms with van der Waals surface area (Å²) in [6.45, 7) is 9.55. The lowest BCUT2D eigenvalue weighted by molar-refractivity contribution is 0.300. The number of hydrogen-bond donors (Lipinski definition) is 0. The zero-order valence-corrected chi connectivity index (χ0v) is 9.14. The van der Waals surface area contributed by atoms with E-state index < -0.39 is 0 Å². The summed E-state index contributed by atoms with van der Waals surface area (Å²) in [4.78, 5) is 0. The van der Waals surface area contributed by atoms with E-state index in [1.807, 2.05) is 0 Å². The Morgan fingerprint density at radius 3 is 2.00 bits per heavy atom. The summed E-state index contributed by atoms with van der Waals surface area (Å²) < 4.78 is 0. The average Bonchev–Trinajstić information content (AvgIpc) is 2.28. The van der Waals surface area contributed by atoms with Crippen molar-refractivity contribution in [3.8, 4) is 0 Å². The minimum absolute atomic E-state index is 0.894. The van der Waals surface area contributed by atoms with Crippen LogP contribution in [0.25, 0.3) is 0 Å². The standard InChI is InChI=1S/C12H24/c1-9(2)5-8-12-10(3)6-7-11(12)4/h9-12H,5-8H2,1-4H3. The molecule has 0 N–H and O–H groups in total. The average molecular weight is 168 g/mol. The predicted molar refractivity (Wildman–Crippen MR) is 55.1 cm³/mol. The van der Waals surface area contributed by atoms with Crippen LogP contribution in [0.2, 0.25) is 0 Å². The molecule has 0 spiro atoms. The SMILES string of the molecule is CC(C)CCC1C(C)CCC1C. The molecule has 1 saturated carbocycles. The highest BCUT2D eigenvalue weighted by molar-refractivity contribution is 4.79. The van der Waals surface area contributed by atoms with Gasteiger partial charge in [-0.3, -0.25) is 0 Å². The summed E-state index contributed by atoms with van der Waals surface area (Å²) in [6.07, 6.45) is 5.85. The third kappa shape index (κ3) is 2.50. The Labute approximate surface area is 77.7 Å². The highest BCUT2D eigenvalue weighted by atomic mass is 14.3. The van der Waals surface area contributed by atoms with E-state index in [4.69, 9.17) is 0 Å². The smallest absolute Gasteiger partial charge is 0.0363 e. The van der Waals surface area contributed by atoms with Crippen molar-refractivity contribution in [2.75, 3.05) is 0 Å². The molecule has 1 aliphatic carbocycles. The first-order chi connectivity index (χ1) is 5.61. The maximum absolute atomic E-state index is 2.44. The Morgan fingerprint density at radius 2 is 1.58 bits per heavy atom. The van der Waals surface area contributed by atoms with Crippen LogP contribution in [0.15, 0.2) is 0 Å². The molecule has 0 heterocycles. The van der Waals surface area contributed by atoms with Gasteiger partial charge in [0.05, 0.1) is 0 Å². The molecule has 72 valence electrons. The van der Waals surface area contributed by atoms with Crippen molar-refractivity contribution >= 4 is 0 Å². The normalized spacial score (nSPS) is 36.2. The van der Waals surface area contributed by atoms with Crippen molar-refractivity contribution in [3.05, 3.63) is 0 Å². The van der Waals surface area contributed by atoms with Crippen LogP contribution >= 0.6 is 0 Å². The van der Waals surface area contributed by atoms with Crippen molar-refractivity contribution in [2.24, 2.45) is 23.7 Å². The zero-order chi connectivity index (χ0) is 9.14. The number of hydrogen-bond acceptors (Lipinski definition) is 0. The van der Waals surface area contributed by atoms with Crippen LogP contribution in [-0.4, -0.2) is 0 Å². The molecule has 0 heteroatoms. The molecular weight excluding hydrogens is 144 g/mol. The first kappa shape index (κ1) is 10.1. The first-order valence-electron chi connectivity index (χ1n) is 5.61. The Bertz CT molecular complexity index is 116. The van der Waals surface area contributed by atoms with Crippen LogP contribution in [0.5, 0.6) is 0 Å². The third-order valence-electron chi connectivity index (χ3n) is 3.62. The summed E-state index contributed by atoms with van der Waals surface area (Å²) in [6, 6.07) is 0. The van der Waals surface area contributed by atoms with Crippen molar-refractivity contribution < 1.29 is 0 Å². The van der Waals surface area contributed by atoms with E-state index in [-0.39, 0.29) is 0 Å². The summed E-state index contributed by atoms with van der Waals surface area (Å²) in [5.41, 5.74) is 0. The molecule has 0 radical (unpaired) electrons. The van der Waals surface area contributed by atoms with Gasteiger partial charge < -0.3 is 0 Å². The van der Waals surface area contributed by atoms with Gasteiger partial charge in [-0.2, -0.15) is 0 Å². The van der Waals surface area contributed by atoms with Gasteiger partial charge in [-0.25, -0.2) is 0 Å². The molecule has 0 aromatic rings. The largest absolute Gasteiger partial charge is 0.0628 e. The number of rotatable bonds is 3. The molecule has 0 nitrogen and oxygen atoms in total. The molecule has 0 bridgehead atoms. The van der Waals surface area contributed by atoms with Gasteiger partial charge in [0.1, 0.15) is 0 Å². The van der Waals surface area contributed by atoms with Gasteiger partial charge in [0, 0.05) is 0 Å². The minimum Gasteiger partial charge on any atom is -0.0628 e. The quantitative estimate of drug-likeness (QED) is 0.595. The van der Waals surface area contributed by atoms with Crippen molar-refractivity contribution in [1.82, 2.24) is 0 Å². The molecule has 12 heavy (non-hydrogen) atoms. The molecule has 0 aliphatic heterocycles. The molecule has 0 saturated heterocycles. The van der Waals surface area contributed by atoms with E-state index in [0.29, 0.717) is 0 Å². The minimum atomic E-state index is 0.894. The summed E-state index contributed by atoms with van der Waals surface area (Å²) in [5.74, 6) is 3.93. The second kappa shape index (κ2) is 4.30. The van der Waals surface area contributed by atoms with E-state index in [9.17, 15) is 0 Å². The molecule has 1 fully saturated rings. The van der Waals surface area contributed by atoms with Crippen LogP contribution in [0.3, 0.4) is 0 Å². The fourth-order valence-electron chi connectivity index (χ4n) is 2.61. The first-order valence-corrected chi connectivity index (χ1v) is 5.61. The van der Waals surface area contributed by atoms with Crippen molar-refractivity contribution in [3.63, 3.8) is 0 Å². The lowest BCUT2D eigenvalue weighted by Gasteiger charge is -2.20.